The van der Waals surface area contributed by atoms with E-state index >= 15 is 0 Å². The summed E-state index contributed by atoms with van der Waals surface area (Å²) in [6.07, 6.45) is 2.29. The SMILES string of the molecule is CC(C)(C)OC(=O)Nc1ccc2[nH]c(=O)c(C(=O)C=Cc3nc4ccccc4[nH]3)c(-c3ccccc3)c2c1. The molecule has 2 aromatic heterocycles. The van der Waals surface area contributed by atoms with E-state index in [1.165, 1.54) is 6.08 Å². The van der Waals surface area contributed by atoms with Crippen LogP contribution < -0.4 is 10.9 Å². The first-order valence-electron chi connectivity index (χ1n) is 12.1. The number of carbonyl (C=O) groups is 2. The van der Waals surface area contributed by atoms with Crippen molar-refractivity contribution in [2.45, 2.75) is 26.4 Å². The standard InChI is InChI=1S/C30H26N4O4/c1-30(2,3)38-29(37)31-19-13-14-21-20(17-19)26(18-9-5-4-6-10-18)27(28(36)34-21)24(35)15-16-25-32-22-11-7-8-12-23(22)33-25/h4-17H,1-3H3,(H,31,37)(H,32,33)(H,34,36). The number of benzene rings is 3. The second-order valence-electron chi connectivity index (χ2n) is 9.79. The van der Waals surface area contributed by atoms with Gasteiger partial charge in [0.25, 0.3) is 5.56 Å². The molecule has 3 N–H and O–H groups in total. The largest absolute Gasteiger partial charge is 0.444 e. The van der Waals surface area contributed by atoms with Gasteiger partial charge in [0, 0.05) is 22.2 Å². The summed E-state index contributed by atoms with van der Waals surface area (Å²) >= 11 is 0. The Morgan fingerprint density at radius 3 is 2.39 bits per heavy atom. The fourth-order valence-electron chi connectivity index (χ4n) is 4.22. The van der Waals surface area contributed by atoms with E-state index in [1.54, 1.807) is 45.0 Å². The first-order valence-corrected chi connectivity index (χ1v) is 12.1. The van der Waals surface area contributed by atoms with Crippen LogP contribution in [0.1, 0.15) is 37.0 Å². The van der Waals surface area contributed by atoms with Gasteiger partial charge < -0.3 is 14.7 Å². The van der Waals surface area contributed by atoms with Gasteiger partial charge in [-0.25, -0.2) is 9.78 Å². The minimum Gasteiger partial charge on any atom is -0.444 e. The molecule has 190 valence electrons. The molecule has 38 heavy (non-hydrogen) atoms. The van der Waals surface area contributed by atoms with Crippen LogP contribution in [0.5, 0.6) is 0 Å². The Morgan fingerprint density at radius 2 is 1.66 bits per heavy atom. The zero-order valence-corrected chi connectivity index (χ0v) is 21.2. The van der Waals surface area contributed by atoms with Crippen molar-refractivity contribution in [3.05, 3.63) is 101 Å². The monoisotopic (exact) mass is 506 g/mol. The van der Waals surface area contributed by atoms with Gasteiger partial charge in [0.1, 0.15) is 11.4 Å². The molecule has 0 atom stereocenters. The van der Waals surface area contributed by atoms with Crippen molar-refractivity contribution < 1.29 is 14.3 Å². The van der Waals surface area contributed by atoms with E-state index in [1.807, 2.05) is 54.6 Å². The van der Waals surface area contributed by atoms with Crippen molar-refractivity contribution in [3.63, 3.8) is 0 Å². The molecular weight excluding hydrogens is 480 g/mol. The number of H-pyrrole nitrogens is 2. The third-order valence-corrected chi connectivity index (χ3v) is 5.77. The summed E-state index contributed by atoms with van der Waals surface area (Å²) in [6, 6.07) is 21.8. The van der Waals surface area contributed by atoms with Gasteiger partial charge in [-0.15, -0.1) is 0 Å². The molecule has 0 spiro atoms. The van der Waals surface area contributed by atoms with Crippen LogP contribution in [0, 0.1) is 0 Å². The second-order valence-corrected chi connectivity index (χ2v) is 9.79. The Balaban J connectivity index is 1.60. The number of carbonyl (C=O) groups excluding carboxylic acids is 2. The molecule has 5 aromatic rings. The van der Waals surface area contributed by atoms with Gasteiger partial charge in [-0.1, -0.05) is 42.5 Å². The van der Waals surface area contributed by atoms with Crippen molar-refractivity contribution in [3.8, 4) is 11.1 Å². The lowest BCUT2D eigenvalue weighted by molar-refractivity contribution is 0.0635. The highest BCUT2D eigenvalue weighted by Gasteiger charge is 2.21. The number of para-hydroxylation sites is 2. The van der Waals surface area contributed by atoms with Gasteiger partial charge >= 0.3 is 6.09 Å². The number of allylic oxidation sites excluding steroid dienone is 1. The van der Waals surface area contributed by atoms with Gasteiger partial charge in [0.15, 0.2) is 5.78 Å². The van der Waals surface area contributed by atoms with E-state index in [4.69, 9.17) is 4.74 Å². The quantitative estimate of drug-likeness (QED) is 0.191. The molecule has 0 aliphatic rings. The number of rotatable bonds is 5. The highest BCUT2D eigenvalue weighted by atomic mass is 16.6. The summed E-state index contributed by atoms with van der Waals surface area (Å²) in [5, 5.41) is 3.33. The number of pyridine rings is 1. The minimum absolute atomic E-state index is 0.00882. The molecule has 0 bridgehead atoms. The van der Waals surface area contributed by atoms with Gasteiger partial charge in [0.2, 0.25) is 0 Å². The third kappa shape index (κ3) is 5.24. The van der Waals surface area contributed by atoms with Gasteiger partial charge in [-0.2, -0.15) is 0 Å². The smallest absolute Gasteiger partial charge is 0.412 e. The Kier molecular flexibility index (Phi) is 6.38. The van der Waals surface area contributed by atoms with Crippen LogP contribution in [-0.4, -0.2) is 32.4 Å². The number of anilines is 1. The molecule has 0 aliphatic carbocycles. The van der Waals surface area contributed by atoms with E-state index in [2.05, 4.69) is 20.3 Å². The lowest BCUT2D eigenvalue weighted by Gasteiger charge is -2.20. The summed E-state index contributed by atoms with van der Waals surface area (Å²) in [7, 11) is 0. The van der Waals surface area contributed by atoms with E-state index in [-0.39, 0.29) is 5.56 Å². The van der Waals surface area contributed by atoms with Crippen LogP contribution in [0.25, 0.3) is 39.1 Å². The third-order valence-electron chi connectivity index (χ3n) is 5.77. The number of amides is 1. The van der Waals surface area contributed by atoms with Crippen molar-refractivity contribution in [2.24, 2.45) is 0 Å². The lowest BCUT2D eigenvalue weighted by atomic mass is 9.93. The minimum atomic E-state index is -0.660. The maximum absolute atomic E-state index is 13.5. The highest BCUT2D eigenvalue weighted by molar-refractivity contribution is 6.15. The zero-order chi connectivity index (χ0) is 26.9. The van der Waals surface area contributed by atoms with Crippen LogP contribution in [-0.2, 0) is 4.74 Å². The van der Waals surface area contributed by atoms with E-state index in [0.29, 0.717) is 33.5 Å². The number of fused-ring (bicyclic) bond motifs is 2. The summed E-state index contributed by atoms with van der Waals surface area (Å²) in [5.74, 6) is 0.0276. The zero-order valence-electron chi connectivity index (χ0n) is 21.2. The number of ether oxygens (including phenoxy) is 1. The molecule has 1 amide bonds. The molecule has 0 saturated carbocycles. The predicted octanol–water partition coefficient (Wildman–Crippen LogP) is 6.31. The van der Waals surface area contributed by atoms with Crippen molar-refractivity contribution in [2.75, 3.05) is 5.32 Å². The number of ketones is 1. The number of nitrogens with zero attached hydrogens (tertiary/aromatic N) is 1. The number of aromatic amines is 2. The highest BCUT2D eigenvalue weighted by Crippen LogP contribution is 2.32. The van der Waals surface area contributed by atoms with E-state index in [9.17, 15) is 14.4 Å². The van der Waals surface area contributed by atoms with Crippen LogP contribution in [0.4, 0.5) is 10.5 Å². The second kappa shape index (κ2) is 9.82. The summed E-state index contributed by atoms with van der Waals surface area (Å²) in [4.78, 5) is 49.5. The number of hydrogen-bond acceptors (Lipinski definition) is 5. The number of imidazole rings is 1. The first-order chi connectivity index (χ1) is 18.2. The lowest BCUT2D eigenvalue weighted by Crippen LogP contribution is -2.27. The average Bonchev–Trinajstić information content (AvgIpc) is 3.29. The van der Waals surface area contributed by atoms with E-state index < -0.39 is 23.0 Å². The van der Waals surface area contributed by atoms with Gasteiger partial charge in [0.05, 0.1) is 16.6 Å². The first kappa shape index (κ1) is 24.7. The maximum atomic E-state index is 13.5. The number of hydrogen-bond donors (Lipinski definition) is 3. The molecule has 0 saturated heterocycles. The van der Waals surface area contributed by atoms with Crippen molar-refractivity contribution in [1.82, 2.24) is 15.0 Å². The molecule has 0 unspecified atom stereocenters. The fraction of sp³-hybridized carbons (Fsp3) is 0.133. The molecule has 0 aliphatic heterocycles. The van der Waals surface area contributed by atoms with Crippen molar-refractivity contribution in [1.29, 1.82) is 0 Å². The maximum Gasteiger partial charge on any atom is 0.412 e. The van der Waals surface area contributed by atoms with Gasteiger partial charge in [-0.3, -0.25) is 14.9 Å². The van der Waals surface area contributed by atoms with Crippen LogP contribution in [0.2, 0.25) is 0 Å². The van der Waals surface area contributed by atoms with Crippen LogP contribution in [0.3, 0.4) is 0 Å². The average molecular weight is 507 g/mol. The normalized spacial score (nSPS) is 11.8. The molecule has 8 nitrogen and oxygen atoms in total. The van der Waals surface area contributed by atoms with Crippen molar-refractivity contribution >= 4 is 45.6 Å². The predicted molar refractivity (Wildman–Crippen MR) is 149 cm³/mol. The summed E-state index contributed by atoms with van der Waals surface area (Å²) in [5.41, 5.74) is 2.60. The number of aromatic nitrogens is 3. The topological polar surface area (TPSA) is 117 Å². The molecular formula is C30H26N4O4. The number of nitrogens with one attached hydrogen (secondary N) is 3. The Labute approximate surface area is 218 Å². The Morgan fingerprint density at radius 1 is 0.921 bits per heavy atom. The Hall–Kier alpha value is -4.98. The molecule has 0 radical (unpaired) electrons. The fourth-order valence-corrected chi connectivity index (χ4v) is 4.22. The van der Waals surface area contributed by atoms with Crippen LogP contribution >= 0.6 is 0 Å². The summed E-state index contributed by atoms with van der Waals surface area (Å²) < 4.78 is 5.37. The van der Waals surface area contributed by atoms with Gasteiger partial charge in [-0.05, 0) is 68.8 Å². The van der Waals surface area contributed by atoms with E-state index in [0.717, 1.165) is 11.0 Å². The summed E-state index contributed by atoms with van der Waals surface area (Å²) in [6.45, 7) is 5.34. The molecule has 8 heteroatoms. The van der Waals surface area contributed by atoms with Crippen LogP contribution in [0.15, 0.2) is 83.7 Å². The Bertz CT molecular complexity index is 1730. The molecule has 5 rings (SSSR count). The molecule has 2 heterocycles. The molecule has 3 aromatic carbocycles. The molecule has 0 fully saturated rings.